The first kappa shape index (κ1) is 17.2. The van der Waals surface area contributed by atoms with Crippen molar-refractivity contribution in [2.24, 2.45) is 0 Å². The second-order valence-electron chi connectivity index (χ2n) is 4.49. The lowest BCUT2D eigenvalue weighted by atomic mass is 10.3. The third-order valence-corrected chi connectivity index (χ3v) is 3.52. The van der Waals surface area contributed by atoms with Crippen LogP contribution in [0, 0.1) is 5.82 Å². The number of hydrogen-bond acceptors (Lipinski definition) is 2. The van der Waals surface area contributed by atoms with Crippen molar-refractivity contribution in [1.82, 2.24) is 5.32 Å². The first-order valence-corrected chi connectivity index (χ1v) is 7.66. The van der Waals surface area contributed by atoms with Crippen LogP contribution in [-0.4, -0.2) is 18.5 Å². The van der Waals surface area contributed by atoms with Crippen molar-refractivity contribution in [3.8, 4) is 0 Å². The highest BCUT2D eigenvalue weighted by Crippen LogP contribution is 2.25. The molecule has 0 bridgehead atoms. The molecule has 2 aromatic rings. The third kappa shape index (κ3) is 5.54. The molecular weight excluding hydrogens is 389 g/mol. The molecule has 0 aliphatic carbocycles. The predicted molar refractivity (Wildman–Crippen MR) is 91.2 cm³/mol. The topological polar surface area (TPSA) is 70.2 Å². The molecule has 2 rings (SSSR count). The van der Waals surface area contributed by atoms with Gasteiger partial charge >= 0.3 is 6.03 Å². The van der Waals surface area contributed by atoms with Crippen molar-refractivity contribution >= 4 is 50.8 Å². The molecule has 3 N–H and O–H groups in total. The Morgan fingerprint density at radius 2 is 1.78 bits per heavy atom. The fourth-order valence-corrected chi connectivity index (χ4v) is 2.38. The average molecular weight is 401 g/mol. The standard InChI is InChI=1S/C15H12BrClFN3O2/c16-9-1-6-13(12(17)7-9)21-15(23)19-8-14(22)20-11-4-2-10(18)3-5-11/h1-7H,8H2,(H,20,22)(H2,19,21,23). The van der Waals surface area contributed by atoms with Crippen molar-refractivity contribution < 1.29 is 14.0 Å². The van der Waals surface area contributed by atoms with Gasteiger partial charge in [0.2, 0.25) is 5.91 Å². The molecule has 120 valence electrons. The summed E-state index contributed by atoms with van der Waals surface area (Å²) in [6.07, 6.45) is 0. The monoisotopic (exact) mass is 399 g/mol. The Hall–Kier alpha value is -2.12. The van der Waals surface area contributed by atoms with Gasteiger partial charge in [-0.05, 0) is 42.5 Å². The summed E-state index contributed by atoms with van der Waals surface area (Å²) in [6.45, 7) is -0.239. The number of rotatable bonds is 4. The second-order valence-corrected chi connectivity index (χ2v) is 5.81. The molecule has 0 aliphatic rings. The summed E-state index contributed by atoms with van der Waals surface area (Å²) < 4.78 is 13.5. The van der Waals surface area contributed by atoms with Gasteiger partial charge in [-0.2, -0.15) is 0 Å². The van der Waals surface area contributed by atoms with E-state index >= 15 is 0 Å². The molecule has 0 aromatic heterocycles. The Morgan fingerprint density at radius 1 is 1.09 bits per heavy atom. The Balaban J connectivity index is 1.81. The van der Waals surface area contributed by atoms with Crippen LogP contribution in [0.4, 0.5) is 20.6 Å². The molecule has 0 heterocycles. The van der Waals surface area contributed by atoms with E-state index < -0.39 is 17.8 Å². The molecule has 3 amide bonds. The zero-order valence-electron chi connectivity index (χ0n) is 11.7. The largest absolute Gasteiger partial charge is 0.329 e. The predicted octanol–water partition coefficient (Wildman–Crippen LogP) is 4.00. The van der Waals surface area contributed by atoms with Crippen molar-refractivity contribution in [2.75, 3.05) is 17.2 Å². The van der Waals surface area contributed by atoms with Gasteiger partial charge in [0.25, 0.3) is 0 Å². The summed E-state index contributed by atoms with van der Waals surface area (Å²) in [5.74, 6) is -0.833. The smallest absolute Gasteiger partial charge is 0.319 e. The average Bonchev–Trinajstić information content (AvgIpc) is 2.50. The van der Waals surface area contributed by atoms with Crippen LogP contribution in [0.3, 0.4) is 0 Å². The molecule has 0 saturated heterocycles. The SMILES string of the molecule is O=C(CNC(=O)Nc1ccc(Br)cc1Cl)Nc1ccc(F)cc1. The van der Waals surface area contributed by atoms with E-state index in [9.17, 15) is 14.0 Å². The van der Waals surface area contributed by atoms with E-state index in [0.29, 0.717) is 16.4 Å². The van der Waals surface area contributed by atoms with Crippen LogP contribution in [0.1, 0.15) is 0 Å². The number of amides is 3. The van der Waals surface area contributed by atoms with Crippen LogP contribution < -0.4 is 16.0 Å². The van der Waals surface area contributed by atoms with Gasteiger partial charge in [-0.15, -0.1) is 0 Å². The highest BCUT2D eigenvalue weighted by Gasteiger charge is 2.08. The van der Waals surface area contributed by atoms with E-state index in [1.54, 1.807) is 18.2 Å². The van der Waals surface area contributed by atoms with Gasteiger partial charge in [0.1, 0.15) is 5.82 Å². The van der Waals surface area contributed by atoms with Crippen LogP contribution in [0.15, 0.2) is 46.9 Å². The lowest BCUT2D eigenvalue weighted by Gasteiger charge is -2.09. The first-order valence-electron chi connectivity index (χ1n) is 6.49. The van der Waals surface area contributed by atoms with E-state index in [4.69, 9.17) is 11.6 Å². The lowest BCUT2D eigenvalue weighted by molar-refractivity contribution is -0.115. The third-order valence-electron chi connectivity index (χ3n) is 2.72. The Labute approximate surface area is 145 Å². The van der Waals surface area contributed by atoms with E-state index in [1.165, 1.54) is 24.3 Å². The minimum absolute atomic E-state index is 0.239. The summed E-state index contributed by atoms with van der Waals surface area (Å²) in [7, 11) is 0. The van der Waals surface area contributed by atoms with Crippen LogP contribution >= 0.6 is 27.5 Å². The number of halogens is 3. The minimum Gasteiger partial charge on any atom is -0.329 e. The van der Waals surface area contributed by atoms with Gasteiger partial charge in [-0.3, -0.25) is 4.79 Å². The van der Waals surface area contributed by atoms with E-state index in [2.05, 4.69) is 31.9 Å². The molecular formula is C15H12BrClFN3O2. The van der Waals surface area contributed by atoms with Crippen molar-refractivity contribution in [3.63, 3.8) is 0 Å². The number of nitrogens with one attached hydrogen (secondary N) is 3. The summed E-state index contributed by atoms with van der Waals surface area (Å²) in [4.78, 5) is 23.4. The van der Waals surface area contributed by atoms with Crippen LogP contribution in [0.2, 0.25) is 5.02 Å². The van der Waals surface area contributed by atoms with Crippen molar-refractivity contribution in [3.05, 3.63) is 57.8 Å². The van der Waals surface area contributed by atoms with Gasteiger partial charge < -0.3 is 16.0 Å². The maximum atomic E-state index is 12.8. The van der Waals surface area contributed by atoms with Gasteiger partial charge in [-0.1, -0.05) is 27.5 Å². The zero-order valence-corrected chi connectivity index (χ0v) is 14.0. The van der Waals surface area contributed by atoms with Gasteiger partial charge in [0.15, 0.2) is 0 Å². The molecule has 23 heavy (non-hydrogen) atoms. The number of hydrogen-bond donors (Lipinski definition) is 3. The number of carbonyl (C=O) groups excluding carboxylic acids is 2. The molecule has 0 spiro atoms. The molecule has 0 aliphatic heterocycles. The summed E-state index contributed by atoms with van der Waals surface area (Å²) in [5, 5.41) is 7.82. The van der Waals surface area contributed by atoms with Crippen LogP contribution in [0.25, 0.3) is 0 Å². The molecule has 0 fully saturated rings. The number of benzene rings is 2. The Kier molecular flexibility index (Phi) is 5.95. The van der Waals surface area contributed by atoms with Gasteiger partial charge in [0, 0.05) is 10.2 Å². The zero-order chi connectivity index (χ0) is 16.8. The molecule has 0 saturated carbocycles. The molecule has 8 heteroatoms. The summed E-state index contributed by atoms with van der Waals surface area (Å²) in [6, 6.07) is 9.73. The second kappa shape index (κ2) is 7.94. The van der Waals surface area contributed by atoms with Crippen LogP contribution in [0.5, 0.6) is 0 Å². The summed E-state index contributed by atoms with van der Waals surface area (Å²) >= 11 is 9.23. The van der Waals surface area contributed by atoms with E-state index in [-0.39, 0.29) is 6.54 Å². The van der Waals surface area contributed by atoms with E-state index in [1.807, 2.05) is 0 Å². The highest BCUT2D eigenvalue weighted by molar-refractivity contribution is 9.10. The van der Waals surface area contributed by atoms with E-state index in [0.717, 1.165) is 4.47 Å². The van der Waals surface area contributed by atoms with Gasteiger partial charge in [-0.25, -0.2) is 9.18 Å². The number of urea groups is 1. The molecule has 0 atom stereocenters. The first-order chi connectivity index (χ1) is 10.9. The fourth-order valence-electron chi connectivity index (χ4n) is 1.66. The van der Waals surface area contributed by atoms with Crippen molar-refractivity contribution in [2.45, 2.75) is 0 Å². The maximum absolute atomic E-state index is 12.8. The quantitative estimate of drug-likeness (QED) is 0.726. The van der Waals surface area contributed by atoms with Crippen LogP contribution in [-0.2, 0) is 4.79 Å². The fraction of sp³-hybridized carbons (Fsp3) is 0.0667. The molecule has 0 unspecified atom stereocenters. The van der Waals surface area contributed by atoms with Gasteiger partial charge in [0.05, 0.1) is 17.3 Å². The Bertz CT molecular complexity index is 725. The highest BCUT2D eigenvalue weighted by atomic mass is 79.9. The summed E-state index contributed by atoms with van der Waals surface area (Å²) in [5.41, 5.74) is 0.862. The van der Waals surface area contributed by atoms with Crippen molar-refractivity contribution in [1.29, 1.82) is 0 Å². The number of carbonyl (C=O) groups is 2. The Morgan fingerprint density at radius 3 is 2.43 bits per heavy atom. The lowest BCUT2D eigenvalue weighted by Crippen LogP contribution is -2.35. The molecule has 0 radical (unpaired) electrons. The maximum Gasteiger partial charge on any atom is 0.319 e. The molecule has 5 nitrogen and oxygen atoms in total. The molecule has 2 aromatic carbocycles. The normalized spacial score (nSPS) is 10.0. The minimum atomic E-state index is -0.566. The number of anilines is 2.